The van der Waals surface area contributed by atoms with Crippen LogP contribution >= 0.6 is 11.8 Å². The summed E-state index contributed by atoms with van der Waals surface area (Å²) in [6.07, 6.45) is -0.636. The third-order valence-corrected chi connectivity index (χ3v) is 3.99. The highest BCUT2D eigenvalue weighted by molar-refractivity contribution is 8.00. The molecule has 0 aliphatic carbocycles. The molecule has 1 heterocycles. The third-order valence-electron chi connectivity index (χ3n) is 2.99. The fraction of sp³-hybridized carbons (Fsp3) is 0.385. The van der Waals surface area contributed by atoms with E-state index in [9.17, 15) is 14.7 Å². The van der Waals surface area contributed by atoms with Gasteiger partial charge in [0, 0.05) is 17.9 Å². The molecule has 2 rings (SSSR count). The highest BCUT2D eigenvalue weighted by Crippen LogP contribution is 2.22. The largest absolute Gasteiger partial charge is 0.480 e. The van der Waals surface area contributed by atoms with E-state index in [4.69, 9.17) is 5.11 Å². The molecule has 0 saturated carbocycles. The number of rotatable bonds is 4. The van der Waals surface area contributed by atoms with E-state index in [1.165, 1.54) is 16.7 Å². The Balaban J connectivity index is 1.94. The van der Waals surface area contributed by atoms with Gasteiger partial charge in [-0.1, -0.05) is 18.2 Å². The maximum Gasteiger partial charge on any atom is 0.326 e. The summed E-state index contributed by atoms with van der Waals surface area (Å²) < 4.78 is 0. The number of hydrogen-bond acceptors (Lipinski definition) is 4. The molecule has 2 atom stereocenters. The molecule has 5 nitrogen and oxygen atoms in total. The number of β-amino-alcohol motifs (C(OH)–C–C–N with tert-alkyl or cyclic N) is 1. The van der Waals surface area contributed by atoms with Gasteiger partial charge in [-0.05, 0) is 12.1 Å². The Bertz CT molecular complexity index is 465. The van der Waals surface area contributed by atoms with Gasteiger partial charge in [-0.15, -0.1) is 11.8 Å². The zero-order valence-electron chi connectivity index (χ0n) is 10.2. The van der Waals surface area contributed by atoms with Crippen molar-refractivity contribution in [3.63, 3.8) is 0 Å². The van der Waals surface area contributed by atoms with E-state index in [0.29, 0.717) is 0 Å². The van der Waals surface area contributed by atoms with Crippen molar-refractivity contribution >= 4 is 23.6 Å². The van der Waals surface area contributed by atoms with Gasteiger partial charge in [-0.2, -0.15) is 0 Å². The molecule has 1 aliphatic heterocycles. The van der Waals surface area contributed by atoms with Gasteiger partial charge in [0.25, 0.3) is 0 Å². The Labute approximate surface area is 115 Å². The quantitative estimate of drug-likeness (QED) is 0.799. The molecule has 0 radical (unpaired) electrons. The van der Waals surface area contributed by atoms with E-state index in [-0.39, 0.29) is 24.6 Å². The van der Waals surface area contributed by atoms with Crippen LogP contribution in [0.25, 0.3) is 0 Å². The van der Waals surface area contributed by atoms with Crippen LogP contribution in [0.5, 0.6) is 0 Å². The second-order valence-corrected chi connectivity index (χ2v) is 5.44. The fourth-order valence-electron chi connectivity index (χ4n) is 2.07. The number of aliphatic carboxylic acids is 1. The SMILES string of the molecule is O=C(O)[C@H]1C[C@@H](O)CN1C(=O)CSc1ccccc1. The van der Waals surface area contributed by atoms with Crippen LogP contribution in [0.15, 0.2) is 35.2 Å². The smallest absolute Gasteiger partial charge is 0.326 e. The van der Waals surface area contributed by atoms with E-state index in [1.807, 2.05) is 30.3 Å². The van der Waals surface area contributed by atoms with E-state index in [0.717, 1.165) is 4.90 Å². The molecule has 1 saturated heterocycles. The first-order valence-electron chi connectivity index (χ1n) is 5.96. The monoisotopic (exact) mass is 281 g/mol. The predicted octanol–water partition coefficient (Wildman–Crippen LogP) is 0.825. The number of carbonyl (C=O) groups is 2. The maximum atomic E-state index is 12.0. The summed E-state index contributed by atoms with van der Waals surface area (Å²) >= 11 is 1.36. The topological polar surface area (TPSA) is 77.8 Å². The molecule has 0 spiro atoms. The van der Waals surface area contributed by atoms with Crippen LogP contribution in [0.3, 0.4) is 0 Å². The molecule has 1 aliphatic rings. The lowest BCUT2D eigenvalue weighted by Gasteiger charge is -2.20. The molecule has 19 heavy (non-hydrogen) atoms. The van der Waals surface area contributed by atoms with Gasteiger partial charge in [-0.3, -0.25) is 4.79 Å². The van der Waals surface area contributed by atoms with Gasteiger partial charge < -0.3 is 15.1 Å². The molecular weight excluding hydrogens is 266 g/mol. The minimum Gasteiger partial charge on any atom is -0.480 e. The molecule has 0 aromatic heterocycles. The molecule has 1 amide bonds. The Kier molecular flexibility index (Phi) is 4.44. The minimum atomic E-state index is -1.06. The average Bonchev–Trinajstić information content (AvgIpc) is 2.79. The van der Waals surface area contributed by atoms with Crippen molar-refractivity contribution in [3.05, 3.63) is 30.3 Å². The molecular formula is C13H15NO4S. The van der Waals surface area contributed by atoms with Crippen molar-refractivity contribution in [2.24, 2.45) is 0 Å². The second kappa shape index (κ2) is 6.08. The van der Waals surface area contributed by atoms with Crippen molar-refractivity contribution in [3.8, 4) is 0 Å². The van der Waals surface area contributed by atoms with Crippen LogP contribution in [0.2, 0.25) is 0 Å². The molecule has 1 aromatic carbocycles. The number of thioether (sulfide) groups is 1. The first kappa shape index (κ1) is 13.9. The van der Waals surface area contributed by atoms with Crippen molar-refractivity contribution in [1.29, 1.82) is 0 Å². The molecule has 1 aromatic rings. The van der Waals surface area contributed by atoms with Crippen molar-refractivity contribution in [2.45, 2.75) is 23.5 Å². The molecule has 6 heteroatoms. The highest BCUT2D eigenvalue weighted by Gasteiger charge is 2.38. The summed E-state index contributed by atoms with van der Waals surface area (Å²) in [5.41, 5.74) is 0. The normalized spacial score (nSPS) is 22.5. The zero-order valence-corrected chi connectivity index (χ0v) is 11.0. The molecule has 2 N–H and O–H groups in total. The lowest BCUT2D eigenvalue weighted by atomic mass is 10.2. The lowest BCUT2D eigenvalue weighted by Crippen LogP contribution is -2.41. The number of aliphatic hydroxyl groups is 1. The van der Waals surface area contributed by atoms with Gasteiger partial charge in [0.15, 0.2) is 0 Å². The summed E-state index contributed by atoms with van der Waals surface area (Å²) in [7, 11) is 0. The van der Waals surface area contributed by atoms with Crippen LogP contribution in [0, 0.1) is 0 Å². The summed E-state index contributed by atoms with van der Waals surface area (Å²) in [5, 5.41) is 18.5. The highest BCUT2D eigenvalue weighted by atomic mass is 32.2. The third kappa shape index (κ3) is 3.48. The summed E-state index contributed by atoms with van der Waals surface area (Å²) in [6.45, 7) is 0.102. The second-order valence-electron chi connectivity index (χ2n) is 4.39. The summed E-state index contributed by atoms with van der Waals surface area (Å²) in [6, 6.07) is 8.54. The van der Waals surface area contributed by atoms with Crippen molar-refractivity contribution in [2.75, 3.05) is 12.3 Å². The van der Waals surface area contributed by atoms with Gasteiger partial charge >= 0.3 is 5.97 Å². The number of aliphatic hydroxyl groups excluding tert-OH is 1. The number of amides is 1. The Hall–Kier alpha value is -1.53. The number of likely N-dealkylation sites (tertiary alicyclic amines) is 1. The standard InChI is InChI=1S/C13H15NO4S/c15-9-6-11(13(17)18)14(7-9)12(16)8-19-10-4-2-1-3-5-10/h1-5,9,11,15H,6-8H2,(H,17,18)/t9-,11-/m1/s1. The van der Waals surface area contributed by atoms with Gasteiger partial charge in [-0.25, -0.2) is 4.79 Å². The van der Waals surface area contributed by atoms with E-state index in [1.54, 1.807) is 0 Å². The Morgan fingerprint density at radius 3 is 2.63 bits per heavy atom. The number of benzene rings is 1. The number of hydrogen-bond donors (Lipinski definition) is 2. The molecule has 0 bridgehead atoms. The number of nitrogens with zero attached hydrogens (tertiary/aromatic N) is 1. The minimum absolute atomic E-state index is 0.102. The Morgan fingerprint density at radius 1 is 1.32 bits per heavy atom. The Morgan fingerprint density at radius 2 is 2.00 bits per heavy atom. The van der Waals surface area contributed by atoms with Gasteiger partial charge in [0.05, 0.1) is 11.9 Å². The zero-order chi connectivity index (χ0) is 13.8. The van der Waals surface area contributed by atoms with Crippen LogP contribution in [0.1, 0.15) is 6.42 Å². The number of carbonyl (C=O) groups excluding carboxylic acids is 1. The summed E-state index contributed by atoms with van der Waals surface area (Å²) in [4.78, 5) is 25.2. The molecule has 1 fully saturated rings. The summed E-state index contributed by atoms with van der Waals surface area (Å²) in [5.74, 6) is -1.13. The lowest BCUT2D eigenvalue weighted by molar-refractivity contribution is -0.147. The van der Waals surface area contributed by atoms with Crippen LogP contribution in [-0.2, 0) is 9.59 Å². The predicted molar refractivity (Wildman–Crippen MR) is 70.9 cm³/mol. The molecule has 0 unspecified atom stereocenters. The van der Waals surface area contributed by atoms with Crippen LogP contribution in [-0.4, -0.2) is 51.4 Å². The first-order valence-corrected chi connectivity index (χ1v) is 6.94. The van der Waals surface area contributed by atoms with Crippen LogP contribution in [0.4, 0.5) is 0 Å². The van der Waals surface area contributed by atoms with Crippen molar-refractivity contribution < 1.29 is 19.8 Å². The number of carboxylic acid groups (broad SMARTS) is 1. The molecule has 102 valence electrons. The van der Waals surface area contributed by atoms with Crippen molar-refractivity contribution in [1.82, 2.24) is 4.90 Å². The maximum absolute atomic E-state index is 12.0. The first-order chi connectivity index (χ1) is 9.08. The van der Waals surface area contributed by atoms with Gasteiger partial charge in [0.2, 0.25) is 5.91 Å². The van der Waals surface area contributed by atoms with Crippen LogP contribution < -0.4 is 0 Å². The van der Waals surface area contributed by atoms with E-state index < -0.39 is 18.1 Å². The fourth-order valence-corrected chi connectivity index (χ4v) is 2.87. The average molecular weight is 281 g/mol. The van der Waals surface area contributed by atoms with Gasteiger partial charge in [0.1, 0.15) is 6.04 Å². The van der Waals surface area contributed by atoms with E-state index >= 15 is 0 Å². The number of carboxylic acids is 1. The van der Waals surface area contributed by atoms with E-state index in [2.05, 4.69) is 0 Å².